The molecule has 1 rings (SSSR count). The topological polar surface area (TPSA) is 44.1 Å². The molecule has 3 heteroatoms. The summed E-state index contributed by atoms with van der Waals surface area (Å²) in [5.74, 6) is 0.0912. The number of nitriles is 1. The van der Waals surface area contributed by atoms with Crippen LogP contribution in [-0.4, -0.2) is 23.4 Å². The summed E-state index contributed by atoms with van der Waals surface area (Å²) < 4.78 is 0. The molecule has 0 aliphatic rings. The molecular weight excluding hydrogens is 236 g/mol. The number of carbonyl (C=O) groups is 1. The van der Waals surface area contributed by atoms with Crippen molar-refractivity contribution < 1.29 is 4.79 Å². The van der Waals surface area contributed by atoms with Crippen LogP contribution in [0.15, 0.2) is 18.2 Å². The lowest BCUT2D eigenvalue weighted by Crippen LogP contribution is -2.38. The van der Waals surface area contributed by atoms with Crippen LogP contribution in [-0.2, 0) is 11.2 Å². The quantitative estimate of drug-likeness (QED) is 0.815. The SMILES string of the molecule is Cc1ccc(CC(=O)N(CCC#N)C(C)C)cc1C. The summed E-state index contributed by atoms with van der Waals surface area (Å²) >= 11 is 0. The molecule has 0 heterocycles. The van der Waals surface area contributed by atoms with Gasteiger partial charge in [-0.1, -0.05) is 18.2 Å². The third-order valence-electron chi connectivity index (χ3n) is 3.33. The second kappa shape index (κ2) is 6.94. The van der Waals surface area contributed by atoms with Crippen LogP contribution in [0.2, 0.25) is 0 Å². The first-order valence-corrected chi connectivity index (χ1v) is 6.68. The Balaban J connectivity index is 2.75. The largest absolute Gasteiger partial charge is 0.339 e. The van der Waals surface area contributed by atoms with E-state index in [0.717, 1.165) is 5.56 Å². The summed E-state index contributed by atoms with van der Waals surface area (Å²) in [6.07, 6.45) is 0.793. The fourth-order valence-corrected chi connectivity index (χ4v) is 2.03. The molecular formula is C16H22N2O. The highest BCUT2D eigenvalue weighted by molar-refractivity contribution is 5.79. The van der Waals surface area contributed by atoms with E-state index in [-0.39, 0.29) is 11.9 Å². The molecule has 19 heavy (non-hydrogen) atoms. The summed E-state index contributed by atoms with van der Waals surface area (Å²) in [4.78, 5) is 14.0. The van der Waals surface area contributed by atoms with Crippen LogP contribution in [0.1, 0.15) is 37.0 Å². The van der Waals surface area contributed by atoms with Gasteiger partial charge in [0.25, 0.3) is 0 Å². The molecule has 0 N–H and O–H groups in total. The predicted octanol–water partition coefficient (Wildman–Crippen LogP) is 3.00. The molecule has 102 valence electrons. The zero-order valence-electron chi connectivity index (χ0n) is 12.2. The lowest BCUT2D eigenvalue weighted by molar-refractivity contribution is -0.132. The Morgan fingerprint density at radius 1 is 1.32 bits per heavy atom. The fraction of sp³-hybridized carbons (Fsp3) is 0.500. The van der Waals surface area contributed by atoms with E-state index in [1.807, 2.05) is 26.0 Å². The maximum atomic E-state index is 12.3. The van der Waals surface area contributed by atoms with Gasteiger partial charge >= 0.3 is 0 Å². The Labute approximate surface area is 115 Å². The van der Waals surface area contributed by atoms with Gasteiger partial charge in [0.15, 0.2) is 0 Å². The maximum Gasteiger partial charge on any atom is 0.227 e. The van der Waals surface area contributed by atoms with Gasteiger partial charge in [-0.05, 0) is 44.4 Å². The van der Waals surface area contributed by atoms with Gasteiger partial charge in [0.05, 0.1) is 18.9 Å². The first-order valence-electron chi connectivity index (χ1n) is 6.68. The summed E-state index contributed by atoms with van der Waals surface area (Å²) in [7, 11) is 0. The highest BCUT2D eigenvalue weighted by Gasteiger charge is 2.16. The molecule has 0 spiro atoms. The summed E-state index contributed by atoms with van der Waals surface area (Å²) in [6, 6.07) is 8.34. The first-order chi connectivity index (χ1) is 8.95. The first kappa shape index (κ1) is 15.2. The minimum Gasteiger partial charge on any atom is -0.339 e. The number of benzene rings is 1. The molecule has 3 nitrogen and oxygen atoms in total. The van der Waals surface area contributed by atoms with Gasteiger partial charge in [-0.25, -0.2) is 0 Å². The van der Waals surface area contributed by atoms with Crippen LogP contribution in [0.5, 0.6) is 0 Å². The number of amides is 1. The molecule has 1 aromatic rings. The Bertz CT molecular complexity index is 486. The van der Waals surface area contributed by atoms with Gasteiger partial charge in [0.1, 0.15) is 0 Å². The van der Waals surface area contributed by atoms with E-state index in [1.54, 1.807) is 4.90 Å². The highest BCUT2D eigenvalue weighted by Crippen LogP contribution is 2.12. The Morgan fingerprint density at radius 3 is 2.53 bits per heavy atom. The molecule has 0 fully saturated rings. The molecule has 0 aromatic heterocycles. The Morgan fingerprint density at radius 2 is 2.00 bits per heavy atom. The minimum atomic E-state index is 0.0912. The molecule has 0 unspecified atom stereocenters. The molecule has 0 saturated heterocycles. The molecule has 1 aromatic carbocycles. The van der Waals surface area contributed by atoms with Crippen molar-refractivity contribution in [2.75, 3.05) is 6.54 Å². The van der Waals surface area contributed by atoms with Gasteiger partial charge in [-0.3, -0.25) is 4.79 Å². The van der Waals surface area contributed by atoms with E-state index >= 15 is 0 Å². The lowest BCUT2D eigenvalue weighted by Gasteiger charge is -2.26. The second-order valence-corrected chi connectivity index (χ2v) is 5.18. The molecule has 0 aliphatic heterocycles. The lowest BCUT2D eigenvalue weighted by atomic mass is 10.0. The fourth-order valence-electron chi connectivity index (χ4n) is 2.03. The third-order valence-corrected chi connectivity index (χ3v) is 3.33. The van der Waals surface area contributed by atoms with Crippen molar-refractivity contribution in [1.82, 2.24) is 4.90 Å². The van der Waals surface area contributed by atoms with Gasteiger partial charge in [-0.2, -0.15) is 5.26 Å². The smallest absolute Gasteiger partial charge is 0.227 e. The zero-order chi connectivity index (χ0) is 14.4. The molecule has 0 saturated carbocycles. The average molecular weight is 258 g/mol. The number of aryl methyl sites for hydroxylation is 2. The van der Waals surface area contributed by atoms with Gasteiger partial charge in [-0.15, -0.1) is 0 Å². The highest BCUT2D eigenvalue weighted by atomic mass is 16.2. The van der Waals surface area contributed by atoms with Crippen molar-refractivity contribution in [3.05, 3.63) is 34.9 Å². The molecule has 0 radical (unpaired) electrons. The summed E-state index contributed by atoms with van der Waals surface area (Å²) in [6.45, 7) is 8.59. The van der Waals surface area contributed by atoms with Crippen LogP contribution in [0.25, 0.3) is 0 Å². The van der Waals surface area contributed by atoms with Crippen LogP contribution in [0.4, 0.5) is 0 Å². The Hall–Kier alpha value is -1.82. The van der Waals surface area contributed by atoms with E-state index in [0.29, 0.717) is 19.4 Å². The van der Waals surface area contributed by atoms with Gasteiger partial charge < -0.3 is 4.90 Å². The van der Waals surface area contributed by atoms with Crippen molar-refractivity contribution >= 4 is 5.91 Å². The molecule has 0 aliphatic carbocycles. The Kier molecular flexibility index (Phi) is 5.57. The van der Waals surface area contributed by atoms with Crippen LogP contribution < -0.4 is 0 Å². The number of nitrogens with zero attached hydrogens (tertiary/aromatic N) is 2. The average Bonchev–Trinajstić information content (AvgIpc) is 2.34. The van der Waals surface area contributed by atoms with Crippen molar-refractivity contribution in [2.24, 2.45) is 0 Å². The summed E-state index contributed by atoms with van der Waals surface area (Å²) in [5.41, 5.74) is 3.48. The van der Waals surface area contributed by atoms with E-state index in [4.69, 9.17) is 5.26 Å². The van der Waals surface area contributed by atoms with E-state index < -0.39 is 0 Å². The van der Waals surface area contributed by atoms with E-state index in [9.17, 15) is 4.79 Å². The van der Waals surface area contributed by atoms with E-state index in [2.05, 4.69) is 26.0 Å². The van der Waals surface area contributed by atoms with Crippen molar-refractivity contribution in [2.45, 2.75) is 46.6 Å². The maximum absolute atomic E-state index is 12.3. The predicted molar refractivity (Wildman–Crippen MR) is 76.7 cm³/mol. The van der Waals surface area contributed by atoms with Gasteiger partial charge in [0, 0.05) is 12.6 Å². The van der Waals surface area contributed by atoms with Gasteiger partial charge in [0.2, 0.25) is 5.91 Å². The van der Waals surface area contributed by atoms with Crippen molar-refractivity contribution in [1.29, 1.82) is 5.26 Å². The van der Waals surface area contributed by atoms with Crippen LogP contribution in [0.3, 0.4) is 0 Å². The van der Waals surface area contributed by atoms with Crippen LogP contribution >= 0.6 is 0 Å². The summed E-state index contributed by atoms with van der Waals surface area (Å²) in [5, 5.41) is 8.65. The molecule has 1 amide bonds. The molecule has 0 atom stereocenters. The second-order valence-electron chi connectivity index (χ2n) is 5.18. The van der Waals surface area contributed by atoms with Crippen molar-refractivity contribution in [3.8, 4) is 6.07 Å². The van der Waals surface area contributed by atoms with E-state index in [1.165, 1.54) is 11.1 Å². The van der Waals surface area contributed by atoms with Crippen molar-refractivity contribution in [3.63, 3.8) is 0 Å². The minimum absolute atomic E-state index is 0.0912. The molecule has 0 bridgehead atoms. The number of hydrogen-bond donors (Lipinski definition) is 0. The third kappa shape index (κ3) is 4.40. The normalized spacial score (nSPS) is 10.3. The zero-order valence-corrected chi connectivity index (χ0v) is 12.2. The monoisotopic (exact) mass is 258 g/mol. The number of hydrogen-bond acceptors (Lipinski definition) is 2. The van der Waals surface area contributed by atoms with Crippen LogP contribution in [0, 0.1) is 25.2 Å². The number of rotatable bonds is 5. The standard InChI is InChI=1S/C16H22N2O/c1-12(2)18(9-5-8-17)16(19)11-15-7-6-13(3)14(4)10-15/h6-7,10,12H,5,9,11H2,1-4H3. The number of carbonyl (C=O) groups excluding carboxylic acids is 1.